The average molecular weight is 492 g/mol. The third-order valence-electron chi connectivity index (χ3n) is 11.1. The standard InChI is InChI=1S/C27H48O4S.Na/c1-18(2)7-6-8-19(3)23-11-12-24-22-10-9-20-17-21(31-32(28,29)30)13-15-26(20,4)25(22)14-16-27(23,24)5;/h18-25H,6-17H2,1-5H3,(H,28,29,30);/t19-,20+,21-,22+,23-,24+,25+,26+,27-;/m1./s1. The molecule has 4 rings (SSSR count). The first kappa shape index (κ1) is 28.4. The van der Waals surface area contributed by atoms with E-state index in [0.717, 1.165) is 54.8 Å². The van der Waals surface area contributed by atoms with E-state index in [1.807, 2.05) is 0 Å². The molecule has 0 bridgehead atoms. The van der Waals surface area contributed by atoms with Gasteiger partial charge in [-0.3, -0.25) is 4.55 Å². The number of fused-ring (bicyclic) bond motifs is 5. The Morgan fingerprint density at radius 2 is 1.58 bits per heavy atom. The van der Waals surface area contributed by atoms with Crippen LogP contribution >= 0.6 is 0 Å². The van der Waals surface area contributed by atoms with Gasteiger partial charge in [0, 0.05) is 29.6 Å². The molecule has 0 aromatic rings. The molecule has 0 saturated heterocycles. The van der Waals surface area contributed by atoms with Gasteiger partial charge in [0.2, 0.25) is 0 Å². The van der Waals surface area contributed by atoms with Crippen molar-refractivity contribution in [2.75, 3.05) is 0 Å². The fourth-order valence-electron chi connectivity index (χ4n) is 9.50. The summed E-state index contributed by atoms with van der Waals surface area (Å²) in [4.78, 5) is 0. The van der Waals surface area contributed by atoms with E-state index in [1.54, 1.807) is 0 Å². The first-order valence-corrected chi connectivity index (χ1v) is 15.0. The molecule has 4 aliphatic rings. The van der Waals surface area contributed by atoms with Crippen molar-refractivity contribution in [2.45, 2.75) is 118 Å². The molecule has 33 heavy (non-hydrogen) atoms. The Morgan fingerprint density at radius 1 is 0.909 bits per heavy atom. The fraction of sp³-hybridized carbons (Fsp3) is 1.00. The van der Waals surface area contributed by atoms with E-state index in [4.69, 9.17) is 8.74 Å². The molecule has 187 valence electrons. The van der Waals surface area contributed by atoms with Gasteiger partial charge in [-0.15, -0.1) is 0 Å². The molecule has 0 aliphatic heterocycles. The van der Waals surface area contributed by atoms with E-state index in [2.05, 4.69) is 34.6 Å². The molecule has 1 radical (unpaired) electrons. The van der Waals surface area contributed by atoms with Crippen LogP contribution in [-0.2, 0) is 14.6 Å². The Bertz CT molecular complexity index is 770. The summed E-state index contributed by atoms with van der Waals surface area (Å²) in [6.45, 7) is 12.4. The summed E-state index contributed by atoms with van der Waals surface area (Å²) >= 11 is 0. The topological polar surface area (TPSA) is 63.6 Å². The van der Waals surface area contributed by atoms with Crippen LogP contribution in [0.3, 0.4) is 0 Å². The van der Waals surface area contributed by atoms with Crippen molar-refractivity contribution in [3.63, 3.8) is 0 Å². The van der Waals surface area contributed by atoms with Crippen molar-refractivity contribution in [2.24, 2.45) is 52.3 Å². The Hall–Kier alpha value is 0.870. The zero-order valence-corrected chi connectivity index (χ0v) is 25.0. The Balaban J connectivity index is 0.00000306. The quantitative estimate of drug-likeness (QED) is 0.310. The van der Waals surface area contributed by atoms with E-state index < -0.39 is 10.4 Å². The van der Waals surface area contributed by atoms with Gasteiger partial charge in [-0.25, -0.2) is 4.18 Å². The third kappa shape index (κ3) is 5.74. The van der Waals surface area contributed by atoms with Crippen molar-refractivity contribution in [3.8, 4) is 0 Å². The Morgan fingerprint density at radius 3 is 2.24 bits per heavy atom. The SMILES string of the molecule is CC(C)CCC[C@@H](C)[C@H]1CC[C@H]2[C@@H]3CC[C@H]4C[C@H](OS(=O)(=O)O)CC[C@]4(C)[C@H]3CC[C@]12C.[Na]. The monoisotopic (exact) mass is 491 g/mol. The van der Waals surface area contributed by atoms with Crippen LogP contribution in [-0.4, -0.2) is 48.6 Å². The zero-order valence-electron chi connectivity index (χ0n) is 22.2. The molecule has 4 saturated carbocycles. The van der Waals surface area contributed by atoms with Crippen molar-refractivity contribution < 1.29 is 17.2 Å². The molecule has 4 aliphatic carbocycles. The molecule has 0 heterocycles. The van der Waals surface area contributed by atoms with Gasteiger partial charge in [0.1, 0.15) is 0 Å². The van der Waals surface area contributed by atoms with Crippen LogP contribution in [0.1, 0.15) is 112 Å². The van der Waals surface area contributed by atoms with Gasteiger partial charge in [0.05, 0.1) is 6.10 Å². The van der Waals surface area contributed by atoms with Crippen LogP contribution < -0.4 is 0 Å². The second-order valence-corrected chi connectivity index (χ2v) is 14.2. The molecular formula is C27H48NaO4S. The maximum Gasteiger partial charge on any atom is 0.397 e. The average Bonchev–Trinajstić information content (AvgIpc) is 3.04. The summed E-state index contributed by atoms with van der Waals surface area (Å²) in [5.74, 6) is 5.59. The van der Waals surface area contributed by atoms with Crippen molar-refractivity contribution in [1.82, 2.24) is 0 Å². The second kappa shape index (κ2) is 10.7. The molecule has 4 fully saturated rings. The molecule has 6 heteroatoms. The van der Waals surface area contributed by atoms with Crippen LogP contribution in [0.25, 0.3) is 0 Å². The normalized spacial score (nSPS) is 43.8. The summed E-state index contributed by atoms with van der Waals surface area (Å²) in [6.07, 6.45) is 14.5. The summed E-state index contributed by atoms with van der Waals surface area (Å²) in [5, 5.41) is 0. The zero-order chi connectivity index (χ0) is 23.3. The minimum atomic E-state index is -4.35. The van der Waals surface area contributed by atoms with Crippen LogP contribution in [0.4, 0.5) is 0 Å². The molecule has 0 aromatic carbocycles. The molecule has 0 amide bonds. The Labute approximate surface area is 226 Å². The number of hydrogen-bond acceptors (Lipinski definition) is 3. The van der Waals surface area contributed by atoms with E-state index in [9.17, 15) is 8.42 Å². The van der Waals surface area contributed by atoms with Crippen LogP contribution in [0.2, 0.25) is 0 Å². The predicted octanol–water partition coefficient (Wildman–Crippen LogP) is 6.91. The van der Waals surface area contributed by atoms with E-state index in [-0.39, 0.29) is 35.7 Å². The van der Waals surface area contributed by atoms with Gasteiger partial charge in [-0.05, 0) is 110 Å². The minimum absolute atomic E-state index is 0. The molecule has 1 N–H and O–H groups in total. The van der Waals surface area contributed by atoms with Gasteiger partial charge in [0.15, 0.2) is 0 Å². The van der Waals surface area contributed by atoms with Gasteiger partial charge >= 0.3 is 10.4 Å². The maximum atomic E-state index is 11.2. The summed E-state index contributed by atoms with van der Waals surface area (Å²) < 4.78 is 36.6. The van der Waals surface area contributed by atoms with Crippen LogP contribution in [0, 0.1) is 52.3 Å². The van der Waals surface area contributed by atoms with Crippen LogP contribution in [0.5, 0.6) is 0 Å². The first-order chi connectivity index (χ1) is 14.9. The molecule has 9 atom stereocenters. The molecule has 0 aromatic heterocycles. The summed E-state index contributed by atoms with van der Waals surface area (Å²) in [7, 11) is -4.35. The number of hydrogen-bond donors (Lipinski definition) is 1. The van der Waals surface area contributed by atoms with Crippen LogP contribution in [0.15, 0.2) is 0 Å². The summed E-state index contributed by atoms with van der Waals surface area (Å²) in [6, 6.07) is 0. The molecular weight excluding hydrogens is 443 g/mol. The second-order valence-electron chi connectivity index (χ2n) is 13.1. The van der Waals surface area contributed by atoms with Gasteiger partial charge in [-0.1, -0.05) is 53.9 Å². The van der Waals surface area contributed by atoms with Gasteiger partial charge in [0.25, 0.3) is 0 Å². The van der Waals surface area contributed by atoms with Crippen molar-refractivity contribution in [3.05, 3.63) is 0 Å². The van der Waals surface area contributed by atoms with Crippen molar-refractivity contribution >= 4 is 40.0 Å². The molecule has 0 spiro atoms. The predicted molar refractivity (Wildman–Crippen MR) is 135 cm³/mol. The summed E-state index contributed by atoms with van der Waals surface area (Å²) in [5.41, 5.74) is 0.831. The first-order valence-electron chi connectivity index (χ1n) is 13.6. The van der Waals surface area contributed by atoms with Crippen molar-refractivity contribution in [1.29, 1.82) is 0 Å². The largest absolute Gasteiger partial charge is 0.397 e. The van der Waals surface area contributed by atoms with Gasteiger partial charge < -0.3 is 0 Å². The fourth-order valence-corrected chi connectivity index (χ4v) is 10.0. The van der Waals surface area contributed by atoms with E-state index >= 15 is 0 Å². The third-order valence-corrected chi connectivity index (χ3v) is 11.6. The van der Waals surface area contributed by atoms with E-state index in [1.165, 1.54) is 57.8 Å². The molecule has 4 nitrogen and oxygen atoms in total. The Kier molecular flexibility index (Phi) is 9.22. The minimum Gasteiger partial charge on any atom is -0.264 e. The van der Waals surface area contributed by atoms with Gasteiger partial charge in [-0.2, -0.15) is 8.42 Å². The molecule has 0 unspecified atom stereocenters. The number of rotatable bonds is 7. The smallest absolute Gasteiger partial charge is 0.264 e. The van der Waals surface area contributed by atoms with E-state index in [0.29, 0.717) is 16.7 Å². The maximum absolute atomic E-state index is 11.2.